The van der Waals surface area contributed by atoms with Crippen LogP contribution in [0.2, 0.25) is 19.6 Å². The van der Waals surface area contributed by atoms with E-state index in [0.717, 1.165) is 12.8 Å². The second kappa shape index (κ2) is 4.11. The maximum absolute atomic E-state index is 9.47. The molecule has 2 N–H and O–H groups in total. The van der Waals surface area contributed by atoms with Crippen LogP contribution in [0.1, 0.15) is 12.8 Å². The van der Waals surface area contributed by atoms with Crippen LogP contribution in [0.4, 0.5) is 0 Å². The average molecular weight is 162 g/mol. The van der Waals surface area contributed by atoms with Crippen LogP contribution < -0.4 is 0 Å². The molecule has 1 unspecified atom stereocenters. The van der Waals surface area contributed by atoms with Crippen molar-refractivity contribution in [2.75, 3.05) is 6.61 Å². The van der Waals surface area contributed by atoms with Crippen molar-refractivity contribution in [2.24, 2.45) is 0 Å². The highest BCUT2D eigenvalue weighted by atomic mass is 28.3. The van der Waals surface area contributed by atoms with Gasteiger partial charge in [0.1, 0.15) is 0 Å². The first kappa shape index (κ1) is 10.1. The van der Waals surface area contributed by atoms with Gasteiger partial charge in [-0.1, -0.05) is 19.6 Å². The van der Waals surface area contributed by atoms with E-state index in [1.54, 1.807) is 0 Å². The predicted molar refractivity (Wildman–Crippen MR) is 45.7 cm³/mol. The van der Waals surface area contributed by atoms with Crippen molar-refractivity contribution in [1.29, 1.82) is 0 Å². The first-order chi connectivity index (χ1) is 4.48. The van der Waals surface area contributed by atoms with Gasteiger partial charge < -0.3 is 10.2 Å². The topological polar surface area (TPSA) is 40.5 Å². The second-order valence-electron chi connectivity index (χ2n) is 3.75. The fraction of sp³-hybridized carbons (Fsp3) is 1.00. The Hall–Kier alpha value is 0.137. The molecule has 62 valence electrons. The van der Waals surface area contributed by atoms with Gasteiger partial charge in [-0.15, -0.1) is 0 Å². The van der Waals surface area contributed by atoms with Crippen LogP contribution in [0.15, 0.2) is 0 Å². The Labute approximate surface area is 63.9 Å². The fourth-order valence-corrected chi connectivity index (χ4v) is 1.79. The zero-order valence-electron chi connectivity index (χ0n) is 7.09. The molecule has 0 saturated heterocycles. The molecule has 1 atom stereocenters. The smallest absolute Gasteiger partial charge is 0.0781 e. The third-order valence-corrected chi connectivity index (χ3v) is 3.92. The van der Waals surface area contributed by atoms with Gasteiger partial charge in [-0.05, 0) is 12.8 Å². The van der Waals surface area contributed by atoms with Crippen molar-refractivity contribution in [3.05, 3.63) is 0 Å². The molecule has 0 fully saturated rings. The van der Waals surface area contributed by atoms with E-state index in [9.17, 15) is 5.11 Å². The molecule has 10 heavy (non-hydrogen) atoms. The molecule has 0 aromatic carbocycles. The van der Waals surface area contributed by atoms with Gasteiger partial charge in [0.2, 0.25) is 0 Å². The zero-order valence-corrected chi connectivity index (χ0v) is 8.09. The van der Waals surface area contributed by atoms with Gasteiger partial charge in [0.05, 0.1) is 8.07 Å². The lowest BCUT2D eigenvalue weighted by atomic mass is 10.3. The van der Waals surface area contributed by atoms with E-state index in [4.69, 9.17) is 5.11 Å². The van der Waals surface area contributed by atoms with Crippen LogP contribution in [0.25, 0.3) is 0 Å². The Morgan fingerprint density at radius 3 is 2.10 bits per heavy atom. The maximum atomic E-state index is 9.47. The van der Waals surface area contributed by atoms with E-state index in [1.165, 1.54) is 0 Å². The van der Waals surface area contributed by atoms with Crippen LogP contribution in [-0.4, -0.2) is 30.6 Å². The van der Waals surface area contributed by atoms with Crippen molar-refractivity contribution in [3.63, 3.8) is 0 Å². The molecule has 0 radical (unpaired) electrons. The largest absolute Gasteiger partial charge is 0.397 e. The van der Waals surface area contributed by atoms with E-state index in [1.807, 2.05) is 0 Å². The molecule has 0 aromatic heterocycles. The lowest BCUT2D eigenvalue weighted by Crippen LogP contribution is -2.38. The van der Waals surface area contributed by atoms with Gasteiger partial charge in [-0.25, -0.2) is 0 Å². The molecular weight excluding hydrogens is 144 g/mol. The summed E-state index contributed by atoms with van der Waals surface area (Å²) in [5.41, 5.74) is -0.153. The van der Waals surface area contributed by atoms with Gasteiger partial charge >= 0.3 is 0 Å². The summed E-state index contributed by atoms with van der Waals surface area (Å²) in [6, 6.07) is 0. The molecule has 2 nitrogen and oxygen atoms in total. The van der Waals surface area contributed by atoms with Crippen molar-refractivity contribution < 1.29 is 10.2 Å². The summed E-state index contributed by atoms with van der Waals surface area (Å²) in [6.07, 6.45) is 1.48. The van der Waals surface area contributed by atoms with Crippen LogP contribution in [0.5, 0.6) is 0 Å². The number of aliphatic hydroxyl groups excluding tert-OH is 2. The third-order valence-electron chi connectivity index (χ3n) is 1.64. The number of hydrogen-bond donors (Lipinski definition) is 2. The standard InChI is InChI=1S/C7H18O2Si/c1-10(2,3)7(9)5-4-6-8/h7-9H,4-6H2,1-3H3. The highest BCUT2D eigenvalue weighted by molar-refractivity contribution is 6.77. The Balaban J connectivity index is 3.52. The number of rotatable bonds is 4. The minimum Gasteiger partial charge on any atom is -0.397 e. The molecule has 3 heteroatoms. The molecule has 0 aromatic rings. The molecule has 0 amide bonds. The van der Waals surface area contributed by atoms with Crippen molar-refractivity contribution in [2.45, 2.75) is 38.2 Å². The maximum Gasteiger partial charge on any atom is 0.0781 e. The Morgan fingerprint density at radius 2 is 1.80 bits per heavy atom. The summed E-state index contributed by atoms with van der Waals surface area (Å²) in [4.78, 5) is 0. The Morgan fingerprint density at radius 1 is 1.30 bits per heavy atom. The average Bonchev–Trinajstić information content (AvgIpc) is 1.80. The summed E-state index contributed by atoms with van der Waals surface area (Å²) in [6.45, 7) is 6.60. The van der Waals surface area contributed by atoms with E-state index in [2.05, 4.69) is 19.6 Å². The molecule has 0 rings (SSSR count). The fourth-order valence-electron chi connectivity index (χ4n) is 0.718. The van der Waals surface area contributed by atoms with E-state index >= 15 is 0 Å². The highest BCUT2D eigenvalue weighted by Crippen LogP contribution is 2.11. The van der Waals surface area contributed by atoms with Gasteiger partial charge in [0.25, 0.3) is 0 Å². The first-order valence-electron chi connectivity index (χ1n) is 3.77. The highest BCUT2D eigenvalue weighted by Gasteiger charge is 2.23. The van der Waals surface area contributed by atoms with Crippen LogP contribution >= 0.6 is 0 Å². The summed E-state index contributed by atoms with van der Waals surface area (Å²) >= 11 is 0. The van der Waals surface area contributed by atoms with Crippen LogP contribution in [0.3, 0.4) is 0 Å². The summed E-state index contributed by atoms with van der Waals surface area (Å²) in [5.74, 6) is 0. The Bertz CT molecular complexity index is 88.1. The molecule has 0 aliphatic rings. The SMILES string of the molecule is C[Si](C)(C)C(O)CCCO. The quantitative estimate of drug-likeness (QED) is 0.605. The van der Waals surface area contributed by atoms with Gasteiger partial charge in [-0.2, -0.15) is 0 Å². The third kappa shape index (κ3) is 4.03. The second-order valence-corrected chi connectivity index (χ2v) is 9.15. The van der Waals surface area contributed by atoms with E-state index < -0.39 is 8.07 Å². The summed E-state index contributed by atoms with van der Waals surface area (Å²) < 4.78 is 0. The van der Waals surface area contributed by atoms with Crippen molar-refractivity contribution >= 4 is 8.07 Å². The minimum absolute atomic E-state index is 0.153. The number of aliphatic hydroxyl groups is 2. The normalized spacial score (nSPS) is 15.3. The molecule has 0 spiro atoms. The minimum atomic E-state index is -1.35. The monoisotopic (exact) mass is 162 g/mol. The molecule has 0 aliphatic heterocycles. The predicted octanol–water partition coefficient (Wildman–Crippen LogP) is 0.997. The van der Waals surface area contributed by atoms with Crippen molar-refractivity contribution in [3.8, 4) is 0 Å². The molecule has 0 heterocycles. The molecule has 0 saturated carbocycles. The van der Waals surface area contributed by atoms with Crippen LogP contribution in [-0.2, 0) is 0 Å². The lowest BCUT2D eigenvalue weighted by molar-refractivity contribution is 0.206. The number of hydrogen-bond acceptors (Lipinski definition) is 2. The lowest BCUT2D eigenvalue weighted by Gasteiger charge is -2.23. The molecule has 0 aliphatic carbocycles. The molecular formula is C7H18O2Si. The zero-order chi connectivity index (χ0) is 8.20. The summed E-state index contributed by atoms with van der Waals surface area (Å²) in [7, 11) is -1.35. The van der Waals surface area contributed by atoms with Crippen LogP contribution in [0, 0.1) is 0 Å². The van der Waals surface area contributed by atoms with Crippen molar-refractivity contribution in [1.82, 2.24) is 0 Å². The first-order valence-corrected chi connectivity index (χ1v) is 7.35. The van der Waals surface area contributed by atoms with Gasteiger partial charge in [0, 0.05) is 12.3 Å². The summed E-state index contributed by atoms with van der Waals surface area (Å²) in [5, 5.41) is 18.0. The van der Waals surface area contributed by atoms with Gasteiger partial charge in [-0.3, -0.25) is 0 Å². The Kier molecular flexibility index (Phi) is 4.16. The van der Waals surface area contributed by atoms with Gasteiger partial charge in [0.15, 0.2) is 0 Å². The van der Waals surface area contributed by atoms with E-state index in [0.29, 0.717) is 0 Å². The molecule has 0 bridgehead atoms. The van der Waals surface area contributed by atoms with E-state index in [-0.39, 0.29) is 12.3 Å².